The predicted molar refractivity (Wildman–Crippen MR) is 101 cm³/mol. The van der Waals surface area contributed by atoms with Crippen molar-refractivity contribution in [3.8, 4) is 11.4 Å². The summed E-state index contributed by atoms with van der Waals surface area (Å²) in [5, 5.41) is 12.9. The van der Waals surface area contributed by atoms with E-state index in [1.165, 1.54) is 4.80 Å². The summed E-state index contributed by atoms with van der Waals surface area (Å²) in [5.41, 5.74) is 1.71. The van der Waals surface area contributed by atoms with Crippen molar-refractivity contribution in [2.75, 3.05) is 13.1 Å². The minimum atomic E-state index is -0.599. The van der Waals surface area contributed by atoms with E-state index in [0.717, 1.165) is 41.5 Å². The zero-order valence-corrected chi connectivity index (χ0v) is 15.7. The standard InChI is InChI=1S/C19H18BrN5O/c20-16-11-5-4-10-15(16)18-21-23-25(22-18)17(14-8-2-1-3-9-14)19(26)24-12-6-7-13-24/h1-5,8-11,17H,6-7,12-13H2/t17-/m1/s1. The Hall–Kier alpha value is -2.54. The molecule has 132 valence electrons. The molecule has 0 N–H and O–H groups in total. The van der Waals surface area contributed by atoms with Gasteiger partial charge in [0.05, 0.1) is 0 Å². The first-order valence-corrected chi connectivity index (χ1v) is 9.41. The third-order valence-corrected chi connectivity index (χ3v) is 5.23. The van der Waals surface area contributed by atoms with Gasteiger partial charge in [0.25, 0.3) is 5.91 Å². The maximum Gasteiger partial charge on any atom is 0.254 e. The zero-order chi connectivity index (χ0) is 17.9. The molecule has 0 bridgehead atoms. The van der Waals surface area contributed by atoms with E-state index in [1.807, 2.05) is 59.5 Å². The molecule has 1 aromatic heterocycles. The fourth-order valence-electron chi connectivity index (χ4n) is 3.21. The number of rotatable bonds is 4. The average Bonchev–Trinajstić information content (AvgIpc) is 3.35. The lowest BCUT2D eigenvalue weighted by atomic mass is 10.1. The van der Waals surface area contributed by atoms with E-state index in [0.29, 0.717) is 5.82 Å². The molecule has 1 aliphatic rings. The van der Waals surface area contributed by atoms with Crippen LogP contribution in [0.5, 0.6) is 0 Å². The first-order valence-electron chi connectivity index (χ1n) is 8.62. The van der Waals surface area contributed by atoms with E-state index in [4.69, 9.17) is 0 Å². The van der Waals surface area contributed by atoms with Gasteiger partial charge in [-0.1, -0.05) is 58.4 Å². The fourth-order valence-corrected chi connectivity index (χ4v) is 3.67. The van der Waals surface area contributed by atoms with Crippen LogP contribution in [0, 0.1) is 0 Å². The van der Waals surface area contributed by atoms with Crippen LogP contribution in [-0.4, -0.2) is 44.1 Å². The maximum absolute atomic E-state index is 13.1. The third-order valence-electron chi connectivity index (χ3n) is 4.54. The molecule has 2 aromatic carbocycles. The highest BCUT2D eigenvalue weighted by Gasteiger charge is 2.31. The lowest BCUT2D eigenvalue weighted by Gasteiger charge is -2.22. The first-order chi connectivity index (χ1) is 12.7. The second-order valence-corrected chi connectivity index (χ2v) is 7.11. The molecule has 1 saturated heterocycles. The van der Waals surface area contributed by atoms with Crippen molar-refractivity contribution < 1.29 is 4.79 Å². The maximum atomic E-state index is 13.1. The topological polar surface area (TPSA) is 63.9 Å². The van der Waals surface area contributed by atoms with Gasteiger partial charge in [0.1, 0.15) is 0 Å². The van der Waals surface area contributed by atoms with Crippen LogP contribution >= 0.6 is 15.9 Å². The number of aromatic nitrogens is 4. The number of carbonyl (C=O) groups excluding carboxylic acids is 1. The number of benzene rings is 2. The second kappa shape index (κ2) is 7.37. The summed E-state index contributed by atoms with van der Waals surface area (Å²) >= 11 is 3.51. The second-order valence-electron chi connectivity index (χ2n) is 6.26. The molecular weight excluding hydrogens is 394 g/mol. The van der Waals surface area contributed by atoms with E-state index < -0.39 is 6.04 Å². The summed E-state index contributed by atoms with van der Waals surface area (Å²) in [6.45, 7) is 1.57. The van der Waals surface area contributed by atoms with Crippen LogP contribution in [0.3, 0.4) is 0 Å². The molecular formula is C19H18BrN5O. The Kier molecular flexibility index (Phi) is 4.79. The van der Waals surface area contributed by atoms with Gasteiger partial charge in [0.15, 0.2) is 6.04 Å². The van der Waals surface area contributed by atoms with Crippen molar-refractivity contribution >= 4 is 21.8 Å². The number of carbonyl (C=O) groups is 1. The third kappa shape index (κ3) is 3.26. The molecule has 1 amide bonds. The summed E-state index contributed by atoms with van der Waals surface area (Å²) in [6.07, 6.45) is 2.08. The van der Waals surface area contributed by atoms with Gasteiger partial charge in [-0.15, -0.1) is 15.0 Å². The summed E-state index contributed by atoms with van der Waals surface area (Å²) in [6, 6.07) is 16.7. The largest absolute Gasteiger partial charge is 0.340 e. The summed E-state index contributed by atoms with van der Waals surface area (Å²) in [5.74, 6) is 0.511. The molecule has 6 nitrogen and oxygen atoms in total. The van der Waals surface area contributed by atoms with Crippen LogP contribution in [0.15, 0.2) is 59.1 Å². The van der Waals surface area contributed by atoms with E-state index in [-0.39, 0.29) is 5.91 Å². The van der Waals surface area contributed by atoms with Gasteiger partial charge in [-0.2, -0.15) is 0 Å². The summed E-state index contributed by atoms with van der Waals surface area (Å²) < 4.78 is 0.890. The molecule has 4 rings (SSSR count). The Morgan fingerprint density at radius 3 is 2.42 bits per heavy atom. The van der Waals surface area contributed by atoms with Crippen molar-refractivity contribution in [1.29, 1.82) is 0 Å². The van der Waals surface area contributed by atoms with Gasteiger partial charge < -0.3 is 4.90 Å². The molecule has 0 aliphatic carbocycles. The van der Waals surface area contributed by atoms with Gasteiger partial charge in [-0.25, -0.2) is 0 Å². The molecule has 0 saturated carbocycles. The number of nitrogens with zero attached hydrogens (tertiary/aromatic N) is 5. The van der Waals surface area contributed by atoms with Crippen molar-refractivity contribution in [3.63, 3.8) is 0 Å². The number of amides is 1. The van der Waals surface area contributed by atoms with Crippen LogP contribution in [0.25, 0.3) is 11.4 Å². The minimum Gasteiger partial charge on any atom is -0.340 e. The van der Waals surface area contributed by atoms with E-state index in [9.17, 15) is 4.79 Å². The van der Waals surface area contributed by atoms with Gasteiger partial charge in [0, 0.05) is 23.1 Å². The summed E-state index contributed by atoms with van der Waals surface area (Å²) in [7, 11) is 0. The molecule has 26 heavy (non-hydrogen) atoms. The Balaban J connectivity index is 1.73. The van der Waals surface area contributed by atoms with Crippen LogP contribution in [0.2, 0.25) is 0 Å². The number of likely N-dealkylation sites (tertiary alicyclic amines) is 1. The highest BCUT2D eigenvalue weighted by atomic mass is 79.9. The van der Waals surface area contributed by atoms with Gasteiger partial charge in [-0.05, 0) is 35.8 Å². The molecule has 1 aliphatic heterocycles. The monoisotopic (exact) mass is 411 g/mol. The van der Waals surface area contributed by atoms with Crippen LogP contribution in [0.1, 0.15) is 24.4 Å². The van der Waals surface area contributed by atoms with Crippen LogP contribution in [-0.2, 0) is 4.79 Å². The Labute approximate surface area is 160 Å². The normalized spacial score (nSPS) is 15.2. The van der Waals surface area contributed by atoms with E-state index >= 15 is 0 Å². The number of halogens is 1. The quantitative estimate of drug-likeness (QED) is 0.660. The van der Waals surface area contributed by atoms with Crippen LogP contribution < -0.4 is 0 Å². The SMILES string of the molecule is O=C([C@@H](c1ccccc1)n1nnc(-c2ccccc2Br)n1)N1CCCC1. The minimum absolute atomic E-state index is 0.0183. The van der Waals surface area contributed by atoms with Gasteiger partial charge in [0.2, 0.25) is 5.82 Å². The number of hydrogen-bond acceptors (Lipinski definition) is 4. The average molecular weight is 412 g/mol. The predicted octanol–water partition coefficient (Wildman–Crippen LogP) is 3.31. The molecule has 0 spiro atoms. The van der Waals surface area contributed by atoms with Crippen molar-refractivity contribution in [2.24, 2.45) is 0 Å². The number of hydrogen-bond donors (Lipinski definition) is 0. The number of tetrazole rings is 1. The van der Waals surface area contributed by atoms with Crippen molar-refractivity contribution in [1.82, 2.24) is 25.1 Å². The molecule has 1 fully saturated rings. The Morgan fingerprint density at radius 2 is 1.69 bits per heavy atom. The lowest BCUT2D eigenvalue weighted by molar-refractivity contribution is -0.133. The van der Waals surface area contributed by atoms with E-state index in [2.05, 4.69) is 31.3 Å². The highest BCUT2D eigenvalue weighted by Crippen LogP contribution is 2.26. The zero-order valence-electron chi connectivity index (χ0n) is 14.1. The molecule has 2 heterocycles. The smallest absolute Gasteiger partial charge is 0.254 e. The molecule has 0 unspecified atom stereocenters. The molecule has 7 heteroatoms. The van der Waals surface area contributed by atoms with Crippen molar-refractivity contribution in [2.45, 2.75) is 18.9 Å². The Morgan fingerprint density at radius 1 is 1.00 bits per heavy atom. The summed E-state index contributed by atoms with van der Waals surface area (Å²) in [4.78, 5) is 16.5. The molecule has 3 aromatic rings. The molecule has 0 radical (unpaired) electrons. The lowest BCUT2D eigenvalue weighted by Crippen LogP contribution is -2.36. The van der Waals surface area contributed by atoms with Crippen molar-refractivity contribution in [3.05, 3.63) is 64.6 Å². The van der Waals surface area contributed by atoms with Crippen LogP contribution in [0.4, 0.5) is 0 Å². The first kappa shape index (κ1) is 16.9. The highest BCUT2D eigenvalue weighted by molar-refractivity contribution is 9.10. The van der Waals surface area contributed by atoms with Gasteiger partial charge >= 0.3 is 0 Å². The van der Waals surface area contributed by atoms with Gasteiger partial charge in [-0.3, -0.25) is 4.79 Å². The Bertz CT molecular complexity index is 905. The fraction of sp³-hybridized carbons (Fsp3) is 0.263. The molecule has 1 atom stereocenters. The van der Waals surface area contributed by atoms with E-state index in [1.54, 1.807) is 0 Å².